The molecule has 1 aromatic carbocycles. The molecule has 2 aromatic rings. The van der Waals surface area contributed by atoms with Gasteiger partial charge in [-0.25, -0.2) is 9.97 Å². The third kappa shape index (κ3) is 3.43. The summed E-state index contributed by atoms with van der Waals surface area (Å²) in [7, 11) is 1.47. The number of anilines is 1. The molecule has 1 aromatic heterocycles. The zero-order chi connectivity index (χ0) is 18.1. The fourth-order valence-electron chi connectivity index (χ4n) is 2.70. The van der Waals surface area contributed by atoms with E-state index in [9.17, 15) is 14.7 Å². The molecule has 26 heavy (non-hydrogen) atoms. The molecule has 1 saturated carbocycles. The van der Waals surface area contributed by atoms with E-state index in [0.717, 1.165) is 18.4 Å². The number of phenolic OH excluding ortho intramolecular Hbond substituents is 1. The standard InChI is InChI=1S/C18H20N4O3.Lr/c1-9-6-15(23)13(17(24)19-3)7-12(9)18(25)22-16-14(11-4-5-11)8-20-10(2)21-16;/h6-8,11,23H,4-5H2,1-3H3,(H,19,24)(H,20,21,22,25);. The van der Waals surface area contributed by atoms with Crippen molar-refractivity contribution in [3.63, 3.8) is 0 Å². The van der Waals surface area contributed by atoms with Gasteiger partial charge in [0.1, 0.15) is 17.4 Å². The molecule has 0 aliphatic heterocycles. The van der Waals surface area contributed by atoms with Crippen molar-refractivity contribution in [3.05, 3.63) is 46.4 Å². The minimum absolute atomic E-state index is 0. The molecule has 0 spiro atoms. The van der Waals surface area contributed by atoms with Gasteiger partial charge in [0.25, 0.3) is 11.8 Å². The molecule has 0 bridgehead atoms. The van der Waals surface area contributed by atoms with Crippen LogP contribution in [0.25, 0.3) is 0 Å². The number of nitrogens with zero attached hydrogens (tertiary/aromatic N) is 2. The van der Waals surface area contributed by atoms with Gasteiger partial charge < -0.3 is 15.7 Å². The van der Waals surface area contributed by atoms with E-state index in [4.69, 9.17) is 0 Å². The van der Waals surface area contributed by atoms with Crippen LogP contribution in [0.1, 0.15) is 56.4 Å². The first kappa shape index (κ1) is 18.4. The Kier molecular flexibility index (Phi) is 4.86. The Balaban J connectivity index is 0.00000243. The summed E-state index contributed by atoms with van der Waals surface area (Å²) in [6, 6.07) is 2.80. The van der Waals surface area contributed by atoms with E-state index in [1.807, 2.05) is 0 Å². The average molecular weight is 602 g/mol. The smallest absolute Gasteiger partial charge is 0.257 e. The van der Waals surface area contributed by atoms with Crippen LogP contribution in [-0.2, 0) is 0 Å². The van der Waals surface area contributed by atoms with Crippen molar-refractivity contribution in [2.45, 2.75) is 32.6 Å². The summed E-state index contributed by atoms with van der Waals surface area (Å²) in [4.78, 5) is 33.1. The van der Waals surface area contributed by atoms with Gasteiger partial charge in [0, 0.05) is 24.4 Å². The molecule has 145 valence electrons. The predicted molar refractivity (Wildman–Crippen MR) is 92.9 cm³/mol. The van der Waals surface area contributed by atoms with Gasteiger partial charge in [-0.3, -0.25) is 9.59 Å². The normalized spacial score (nSPS) is 12.9. The summed E-state index contributed by atoms with van der Waals surface area (Å²) in [5.41, 5.74) is 1.87. The van der Waals surface area contributed by atoms with Gasteiger partial charge in [0.2, 0.25) is 0 Å². The van der Waals surface area contributed by atoms with Gasteiger partial charge in [0.15, 0.2) is 0 Å². The Morgan fingerprint density at radius 1 is 1.15 bits per heavy atom. The molecule has 8 heteroatoms. The van der Waals surface area contributed by atoms with E-state index in [0.29, 0.717) is 28.7 Å². The van der Waals surface area contributed by atoms with Crippen LogP contribution in [0.5, 0.6) is 5.75 Å². The van der Waals surface area contributed by atoms with Crippen LogP contribution in [0.15, 0.2) is 18.3 Å². The molecule has 2 amide bonds. The average Bonchev–Trinajstić information content (AvgIpc) is 3.39. The fraction of sp³-hybridized carbons (Fsp3) is 0.333. The SMILES string of the molecule is CNC(=O)c1cc(C(=O)Nc2nc(C)ncc2C2CC2)c(C)cc1O.[Lr]. The maximum absolute atomic E-state index is 12.7. The van der Waals surface area contributed by atoms with Crippen LogP contribution in [0.4, 0.5) is 5.82 Å². The predicted octanol–water partition coefficient (Wildman–Crippen LogP) is 2.29. The second-order valence-electron chi connectivity index (χ2n) is 6.21. The number of hydrogen-bond donors (Lipinski definition) is 3. The van der Waals surface area contributed by atoms with E-state index in [-0.39, 0.29) is 17.2 Å². The molecular formula is C18H20LrN4O3. The number of phenols is 1. The van der Waals surface area contributed by atoms with Gasteiger partial charge in [-0.05, 0) is 50.3 Å². The third-order valence-electron chi connectivity index (χ3n) is 4.25. The number of nitrogens with one attached hydrogen (secondary N) is 2. The first-order valence-electron chi connectivity index (χ1n) is 8.11. The van der Waals surface area contributed by atoms with E-state index in [2.05, 4.69) is 20.6 Å². The first-order valence-corrected chi connectivity index (χ1v) is 8.11. The number of rotatable bonds is 4. The molecule has 0 unspecified atom stereocenters. The molecule has 7 nitrogen and oxygen atoms in total. The molecule has 0 saturated heterocycles. The number of hydrogen-bond acceptors (Lipinski definition) is 5. The van der Waals surface area contributed by atoms with Crippen molar-refractivity contribution >= 4 is 17.6 Å². The minimum Gasteiger partial charge on any atom is -0.507 e. The summed E-state index contributed by atoms with van der Waals surface area (Å²) in [5.74, 6) is 0.482. The van der Waals surface area contributed by atoms with E-state index in [1.54, 1.807) is 20.0 Å². The van der Waals surface area contributed by atoms with E-state index in [1.165, 1.54) is 19.2 Å². The number of aromatic nitrogens is 2. The summed E-state index contributed by atoms with van der Waals surface area (Å²) in [5, 5.41) is 15.2. The van der Waals surface area contributed by atoms with E-state index >= 15 is 0 Å². The molecule has 1 aliphatic rings. The van der Waals surface area contributed by atoms with Gasteiger partial charge >= 0.3 is 0 Å². The molecular weight excluding hydrogens is 582 g/mol. The Hall–Kier alpha value is -3.96. The molecule has 3 rings (SSSR count). The van der Waals surface area contributed by atoms with Crippen LogP contribution in [0.3, 0.4) is 0 Å². The second kappa shape index (κ2) is 6.88. The maximum Gasteiger partial charge on any atom is 0.257 e. The minimum atomic E-state index is -0.455. The van der Waals surface area contributed by atoms with Crippen molar-refractivity contribution in [2.75, 3.05) is 12.4 Å². The number of benzene rings is 1. The third-order valence-corrected chi connectivity index (χ3v) is 4.25. The van der Waals surface area contributed by atoms with E-state index < -0.39 is 5.91 Å². The Bertz CT molecular complexity index is 866. The second-order valence-corrected chi connectivity index (χ2v) is 6.21. The van der Waals surface area contributed by atoms with Gasteiger partial charge in [-0.15, -0.1) is 0 Å². The Morgan fingerprint density at radius 2 is 1.85 bits per heavy atom. The van der Waals surface area contributed by atoms with Crippen LogP contribution in [0, 0.1) is 13.8 Å². The van der Waals surface area contributed by atoms with Crippen LogP contribution >= 0.6 is 0 Å². The van der Waals surface area contributed by atoms with Gasteiger partial charge in [-0.1, -0.05) is 0 Å². The quantitative estimate of drug-likeness (QED) is 0.499. The number of carbonyl (C=O) groups excluding carboxylic acids is 2. The molecule has 1 heterocycles. The summed E-state index contributed by atoms with van der Waals surface area (Å²) in [6.45, 7) is 3.47. The van der Waals surface area contributed by atoms with Crippen LogP contribution in [0.2, 0.25) is 0 Å². The van der Waals surface area contributed by atoms with Gasteiger partial charge in [-0.2, -0.15) is 0 Å². The van der Waals surface area contributed by atoms with Gasteiger partial charge in [0.05, 0.1) is 5.56 Å². The Labute approximate surface area is 145 Å². The number of aryl methyl sites for hydroxylation is 2. The number of amides is 2. The molecule has 1 radical (unpaired) electrons. The fourth-order valence-corrected chi connectivity index (χ4v) is 2.70. The van der Waals surface area contributed by atoms with Crippen molar-refractivity contribution in [1.82, 2.24) is 15.3 Å². The topological polar surface area (TPSA) is 104 Å². The molecule has 1 fully saturated rings. The van der Waals surface area contributed by atoms with Crippen LogP contribution in [-0.4, -0.2) is 33.9 Å². The molecule has 0 atom stereocenters. The summed E-state index contributed by atoms with van der Waals surface area (Å²) < 4.78 is 0. The maximum atomic E-state index is 12.7. The monoisotopic (exact) mass is 602 g/mol. The van der Waals surface area contributed by atoms with Crippen molar-refractivity contribution < 1.29 is 14.7 Å². The number of carbonyl (C=O) groups is 2. The van der Waals surface area contributed by atoms with Crippen molar-refractivity contribution in [3.8, 4) is 5.75 Å². The summed E-state index contributed by atoms with van der Waals surface area (Å²) >= 11 is 0. The first-order chi connectivity index (χ1) is 11.9. The largest absolute Gasteiger partial charge is 0.507 e. The zero-order valence-corrected chi connectivity index (χ0v) is 16.8. The van der Waals surface area contributed by atoms with Crippen molar-refractivity contribution in [2.24, 2.45) is 0 Å². The van der Waals surface area contributed by atoms with Crippen molar-refractivity contribution in [1.29, 1.82) is 0 Å². The Morgan fingerprint density at radius 3 is 2.46 bits per heavy atom. The molecule has 3 N–H and O–H groups in total. The number of aromatic hydroxyl groups is 1. The van der Waals surface area contributed by atoms with Crippen LogP contribution < -0.4 is 10.6 Å². The summed E-state index contributed by atoms with van der Waals surface area (Å²) in [6.07, 6.45) is 3.89. The molecule has 1 aliphatic carbocycles. The zero-order valence-electron chi connectivity index (χ0n) is 14.6.